The van der Waals surface area contributed by atoms with Gasteiger partial charge in [-0.2, -0.15) is 0 Å². The number of hydrogen-bond donors (Lipinski definition) is 1. The van der Waals surface area contributed by atoms with Crippen molar-refractivity contribution in [1.29, 1.82) is 0 Å². The summed E-state index contributed by atoms with van der Waals surface area (Å²) >= 11 is 0. The highest BCUT2D eigenvalue weighted by Gasteiger charge is 2.24. The summed E-state index contributed by atoms with van der Waals surface area (Å²) in [6.07, 6.45) is 3.93. The molecule has 0 bridgehead atoms. The Morgan fingerprint density at radius 1 is 1.14 bits per heavy atom. The van der Waals surface area contributed by atoms with Crippen LogP contribution in [0, 0.1) is 6.92 Å². The van der Waals surface area contributed by atoms with Gasteiger partial charge in [0, 0.05) is 37.2 Å². The van der Waals surface area contributed by atoms with Gasteiger partial charge in [-0.3, -0.25) is 4.79 Å². The van der Waals surface area contributed by atoms with Crippen molar-refractivity contribution >= 4 is 17.6 Å². The molecular weight excluding hydrogens is 364 g/mol. The molecule has 29 heavy (non-hydrogen) atoms. The first kappa shape index (κ1) is 22.5. The van der Waals surface area contributed by atoms with Gasteiger partial charge in [-0.25, -0.2) is 4.79 Å². The molecule has 0 atom stereocenters. The third-order valence-electron chi connectivity index (χ3n) is 5.03. The minimum Gasteiger partial charge on any atom is -0.353 e. The van der Waals surface area contributed by atoms with Gasteiger partial charge in [-0.15, -0.1) is 0 Å². The molecule has 0 aliphatic heterocycles. The fourth-order valence-corrected chi connectivity index (χ4v) is 3.06. The Bertz CT molecular complexity index is 795. The quantitative estimate of drug-likeness (QED) is 0.680. The van der Waals surface area contributed by atoms with E-state index in [0.717, 1.165) is 29.8 Å². The van der Waals surface area contributed by atoms with Crippen LogP contribution in [0.25, 0.3) is 0 Å². The fraction of sp³-hybridized carbons (Fsp3) is 0.478. The van der Waals surface area contributed by atoms with Crippen LogP contribution in [0.2, 0.25) is 0 Å². The molecule has 1 heterocycles. The lowest BCUT2D eigenvalue weighted by molar-refractivity contribution is -0.132. The van der Waals surface area contributed by atoms with E-state index in [2.05, 4.69) is 12.2 Å². The summed E-state index contributed by atoms with van der Waals surface area (Å²) in [5, 5.41) is 2.90. The maximum Gasteiger partial charge on any atom is 0.322 e. The van der Waals surface area contributed by atoms with Crippen LogP contribution < -0.4 is 5.32 Å². The predicted octanol–water partition coefficient (Wildman–Crippen LogP) is 4.40. The third kappa shape index (κ3) is 6.66. The van der Waals surface area contributed by atoms with E-state index in [1.54, 1.807) is 4.90 Å². The van der Waals surface area contributed by atoms with Gasteiger partial charge in [0.1, 0.15) is 6.54 Å². The molecule has 1 aromatic carbocycles. The second kappa shape index (κ2) is 10.7. The number of nitrogens with zero attached hydrogens (tertiary/aromatic N) is 3. The first-order chi connectivity index (χ1) is 13.8. The van der Waals surface area contributed by atoms with E-state index in [4.69, 9.17) is 0 Å². The summed E-state index contributed by atoms with van der Waals surface area (Å²) in [6, 6.07) is 11.3. The standard InChI is InChI=1S/C23H34N4O2/c1-6-7-15-26(16-21-9-8-14-25(21)5)22(28)17-27(18(2)3)23(29)24-20-12-10-19(4)11-13-20/h8-14,18H,6-7,15-17H2,1-5H3,(H,24,29). The highest BCUT2D eigenvalue weighted by molar-refractivity contribution is 5.92. The van der Waals surface area contributed by atoms with Gasteiger partial charge in [0.25, 0.3) is 0 Å². The number of nitrogens with one attached hydrogen (secondary N) is 1. The molecule has 6 heteroatoms. The lowest BCUT2D eigenvalue weighted by Crippen LogP contribution is -2.47. The first-order valence-corrected chi connectivity index (χ1v) is 10.3. The molecule has 1 N–H and O–H groups in total. The number of hydrogen-bond acceptors (Lipinski definition) is 2. The molecule has 0 saturated heterocycles. The number of carbonyl (C=O) groups is 2. The van der Waals surface area contributed by atoms with Gasteiger partial charge < -0.3 is 19.7 Å². The van der Waals surface area contributed by atoms with Crippen LogP contribution in [-0.2, 0) is 18.4 Å². The van der Waals surface area contributed by atoms with Gasteiger partial charge in [-0.05, 0) is 51.5 Å². The summed E-state index contributed by atoms with van der Waals surface area (Å²) in [5.41, 5.74) is 2.94. The Morgan fingerprint density at radius 3 is 2.38 bits per heavy atom. The van der Waals surface area contributed by atoms with Crippen molar-refractivity contribution in [3.63, 3.8) is 0 Å². The van der Waals surface area contributed by atoms with E-state index in [9.17, 15) is 9.59 Å². The molecule has 158 valence electrons. The van der Waals surface area contributed by atoms with Crippen LogP contribution in [0.3, 0.4) is 0 Å². The van der Waals surface area contributed by atoms with Crippen molar-refractivity contribution in [2.24, 2.45) is 7.05 Å². The van der Waals surface area contributed by atoms with Crippen molar-refractivity contribution in [3.05, 3.63) is 53.9 Å². The number of benzene rings is 1. The van der Waals surface area contributed by atoms with Crippen molar-refractivity contribution in [1.82, 2.24) is 14.4 Å². The smallest absolute Gasteiger partial charge is 0.322 e. The minimum atomic E-state index is -0.258. The number of aryl methyl sites for hydroxylation is 2. The van der Waals surface area contributed by atoms with Crippen molar-refractivity contribution in [2.45, 2.75) is 53.1 Å². The number of unbranched alkanes of at least 4 members (excludes halogenated alkanes) is 1. The lowest BCUT2D eigenvalue weighted by Gasteiger charge is -2.30. The molecule has 3 amide bonds. The van der Waals surface area contributed by atoms with Crippen molar-refractivity contribution in [2.75, 3.05) is 18.4 Å². The molecule has 0 aliphatic rings. The minimum absolute atomic E-state index is 0.0348. The van der Waals surface area contributed by atoms with E-state index in [-0.39, 0.29) is 24.5 Å². The molecule has 0 radical (unpaired) electrons. The summed E-state index contributed by atoms with van der Waals surface area (Å²) in [6.45, 7) is 9.26. The Balaban J connectivity index is 2.08. The molecule has 0 aliphatic carbocycles. The van der Waals surface area contributed by atoms with Crippen LogP contribution in [0.4, 0.5) is 10.5 Å². The Hall–Kier alpha value is -2.76. The largest absolute Gasteiger partial charge is 0.353 e. The zero-order valence-electron chi connectivity index (χ0n) is 18.3. The van der Waals surface area contributed by atoms with Gasteiger partial charge in [-0.1, -0.05) is 31.0 Å². The average Bonchev–Trinajstić information content (AvgIpc) is 3.08. The normalized spacial score (nSPS) is 10.8. The van der Waals surface area contributed by atoms with Crippen LogP contribution in [-0.4, -0.2) is 45.4 Å². The van der Waals surface area contributed by atoms with E-state index in [0.29, 0.717) is 13.1 Å². The van der Waals surface area contributed by atoms with Crippen LogP contribution in [0.1, 0.15) is 44.9 Å². The molecule has 1 aromatic heterocycles. The molecule has 2 aromatic rings. The van der Waals surface area contributed by atoms with Gasteiger partial charge in [0.05, 0.1) is 6.54 Å². The number of rotatable bonds is 9. The van der Waals surface area contributed by atoms with Crippen LogP contribution in [0.5, 0.6) is 0 Å². The average molecular weight is 399 g/mol. The number of carbonyl (C=O) groups excluding carboxylic acids is 2. The van der Waals surface area contributed by atoms with Gasteiger partial charge in [0.15, 0.2) is 0 Å². The number of urea groups is 1. The zero-order valence-corrected chi connectivity index (χ0v) is 18.3. The Kier molecular flexibility index (Phi) is 8.31. The Labute approximate surface area is 174 Å². The molecule has 6 nitrogen and oxygen atoms in total. The third-order valence-corrected chi connectivity index (χ3v) is 5.03. The number of aromatic nitrogens is 1. The topological polar surface area (TPSA) is 57.6 Å². The van der Waals surface area contributed by atoms with E-state index >= 15 is 0 Å². The predicted molar refractivity (Wildman–Crippen MR) is 118 cm³/mol. The summed E-state index contributed by atoms with van der Waals surface area (Å²) in [4.78, 5) is 29.4. The molecule has 0 unspecified atom stereocenters. The lowest BCUT2D eigenvalue weighted by atomic mass is 10.2. The summed E-state index contributed by atoms with van der Waals surface area (Å²) < 4.78 is 2.02. The van der Waals surface area contributed by atoms with E-state index in [1.165, 1.54) is 0 Å². The zero-order chi connectivity index (χ0) is 21.4. The maximum absolute atomic E-state index is 13.1. The van der Waals surface area contributed by atoms with Gasteiger partial charge in [0.2, 0.25) is 5.91 Å². The van der Waals surface area contributed by atoms with E-state index < -0.39 is 0 Å². The highest BCUT2D eigenvalue weighted by Crippen LogP contribution is 2.13. The fourth-order valence-electron chi connectivity index (χ4n) is 3.06. The molecule has 0 spiro atoms. The van der Waals surface area contributed by atoms with E-state index in [1.807, 2.05) is 79.9 Å². The summed E-state index contributed by atoms with van der Waals surface area (Å²) in [7, 11) is 1.98. The molecule has 0 fully saturated rings. The second-order valence-corrected chi connectivity index (χ2v) is 7.80. The maximum atomic E-state index is 13.1. The Morgan fingerprint density at radius 2 is 1.83 bits per heavy atom. The number of anilines is 1. The van der Waals surface area contributed by atoms with Crippen molar-refractivity contribution in [3.8, 4) is 0 Å². The van der Waals surface area contributed by atoms with Gasteiger partial charge >= 0.3 is 6.03 Å². The number of amides is 3. The molecular formula is C23H34N4O2. The van der Waals surface area contributed by atoms with Crippen molar-refractivity contribution < 1.29 is 9.59 Å². The monoisotopic (exact) mass is 398 g/mol. The SMILES string of the molecule is CCCCN(Cc1cccn1C)C(=O)CN(C(=O)Nc1ccc(C)cc1)C(C)C. The summed E-state index contributed by atoms with van der Waals surface area (Å²) in [5.74, 6) is -0.0348. The van der Waals surface area contributed by atoms with Crippen LogP contribution >= 0.6 is 0 Å². The second-order valence-electron chi connectivity index (χ2n) is 7.80. The molecule has 0 saturated carbocycles. The highest BCUT2D eigenvalue weighted by atomic mass is 16.2. The molecule has 2 rings (SSSR count). The van der Waals surface area contributed by atoms with Crippen LogP contribution in [0.15, 0.2) is 42.6 Å². The first-order valence-electron chi connectivity index (χ1n) is 10.3.